The predicted molar refractivity (Wildman–Crippen MR) is 66.8 cm³/mol. The minimum absolute atomic E-state index is 0.349. The van der Waals surface area contributed by atoms with Crippen molar-refractivity contribution in [3.63, 3.8) is 0 Å². The van der Waals surface area contributed by atoms with Crippen LogP contribution in [-0.2, 0) is 4.74 Å². The van der Waals surface area contributed by atoms with Crippen molar-refractivity contribution in [2.45, 2.75) is 38.0 Å². The molecule has 2 nitrogen and oxygen atoms in total. The molecule has 1 aromatic carbocycles. The first-order valence-electron chi connectivity index (χ1n) is 5.73. The Morgan fingerprint density at radius 3 is 2.81 bits per heavy atom. The molecule has 0 unspecified atom stereocenters. The molecule has 1 atom stereocenters. The second kappa shape index (κ2) is 5.17. The zero-order chi connectivity index (χ0) is 11.5. The third-order valence-corrected chi connectivity index (χ3v) is 3.50. The van der Waals surface area contributed by atoms with Crippen LogP contribution in [0.3, 0.4) is 0 Å². The van der Waals surface area contributed by atoms with E-state index in [1.54, 1.807) is 7.11 Å². The summed E-state index contributed by atoms with van der Waals surface area (Å²) in [6.07, 6.45) is 2.67. The van der Waals surface area contributed by atoms with Gasteiger partial charge in [-0.2, -0.15) is 0 Å². The molecule has 0 heterocycles. The number of ether oxygens (including phenoxy) is 1. The van der Waals surface area contributed by atoms with Crippen LogP contribution < -0.4 is 5.32 Å². The zero-order valence-electron chi connectivity index (χ0n) is 9.74. The summed E-state index contributed by atoms with van der Waals surface area (Å²) in [6.45, 7) is 2.17. The van der Waals surface area contributed by atoms with Gasteiger partial charge >= 0.3 is 0 Å². The lowest BCUT2D eigenvalue weighted by Gasteiger charge is -2.36. The molecular weight excluding hydrogens is 222 g/mol. The number of benzene rings is 1. The molecule has 0 aliphatic heterocycles. The molecule has 1 fully saturated rings. The Morgan fingerprint density at radius 2 is 2.19 bits per heavy atom. The van der Waals surface area contributed by atoms with Gasteiger partial charge in [-0.05, 0) is 37.5 Å². The molecule has 1 aromatic rings. The SMILES string of the molecule is COC1CC(N[C@H](C)c2cccc(Cl)c2)C1. The molecule has 0 radical (unpaired) electrons. The van der Waals surface area contributed by atoms with Crippen LogP contribution in [0, 0.1) is 0 Å². The highest BCUT2D eigenvalue weighted by Crippen LogP contribution is 2.26. The first-order valence-corrected chi connectivity index (χ1v) is 6.11. The van der Waals surface area contributed by atoms with E-state index < -0.39 is 0 Å². The van der Waals surface area contributed by atoms with Gasteiger partial charge in [0.1, 0.15) is 0 Å². The van der Waals surface area contributed by atoms with Gasteiger partial charge in [0.15, 0.2) is 0 Å². The average Bonchev–Trinajstić information content (AvgIpc) is 2.22. The Hall–Kier alpha value is -0.570. The first-order chi connectivity index (χ1) is 7.69. The Balaban J connectivity index is 1.87. The fraction of sp³-hybridized carbons (Fsp3) is 0.538. The maximum absolute atomic E-state index is 5.97. The second-order valence-electron chi connectivity index (χ2n) is 4.47. The smallest absolute Gasteiger partial charge is 0.0601 e. The number of rotatable bonds is 4. The van der Waals surface area contributed by atoms with E-state index in [1.165, 1.54) is 5.56 Å². The van der Waals surface area contributed by atoms with Gasteiger partial charge in [-0.1, -0.05) is 23.7 Å². The van der Waals surface area contributed by atoms with E-state index in [2.05, 4.69) is 18.3 Å². The summed E-state index contributed by atoms with van der Waals surface area (Å²) in [6, 6.07) is 8.96. The van der Waals surface area contributed by atoms with Gasteiger partial charge in [-0.3, -0.25) is 0 Å². The zero-order valence-corrected chi connectivity index (χ0v) is 10.5. The van der Waals surface area contributed by atoms with Crippen molar-refractivity contribution in [2.24, 2.45) is 0 Å². The molecule has 2 rings (SSSR count). The van der Waals surface area contributed by atoms with Crippen LogP contribution in [0.25, 0.3) is 0 Å². The molecule has 1 N–H and O–H groups in total. The molecule has 0 aromatic heterocycles. The van der Waals surface area contributed by atoms with E-state index >= 15 is 0 Å². The van der Waals surface area contributed by atoms with Gasteiger partial charge in [0.05, 0.1) is 6.10 Å². The molecular formula is C13H18ClNO. The lowest BCUT2D eigenvalue weighted by atomic mass is 9.88. The van der Waals surface area contributed by atoms with E-state index in [9.17, 15) is 0 Å². The summed E-state index contributed by atoms with van der Waals surface area (Å²) < 4.78 is 5.26. The highest BCUT2D eigenvalue weighted by atomic mass is 35.5. The number of methoxy groups -OCH3 is 1. The fourth-order valence-electron chi connectivity index (χ4n) is 2.12. The molecule has 0 bridgehead atoms. The van der Waals surface area contributed by atoms with Crippen molar-refractivity contribution >= 4 is 11.6 Å². The predicted octanol–water partition coefficient (Wildman–Crippen LogP) is 3.17. The molecule has 0 amide bonds. The number of hydrogen-bond donors (Lipinski definition) is 1. The monoisotopic (exact) mass is 239 g/mol. The largest absolute Gasteiger partial charge is 0.381 e. The highest BCUT2D eigenvalue weighted by molar-refractivity contribution is 6.30. The minimum atomic E-state index is 0.349. The third-order valence-electron chi connectivity index (χ3n) is 3.26. The van der Waals surface area contributed by atoms with E-state index in [1.807, 2.05) is 18.2 Å². The molecule has 0 saturated heterocycles. The third kappa shape index (κ3) is 2.76. The molecule has 0 spiro atoms. The Kier molecular flexibility index (Phi) is 3.85. The van der Waals surface area contributed by atoms with E-state index in [0.29, 0.717) is 18.2 Å². The summed E-state index contributed by atoms with van der Waals surface area (Å²) in [4.78, 5) is 0. The lowest BCUT2D eigenvalue weighted by Crippen LogP contribution is -2.45. The van der Waals surface area contributed by atoms with Gasteiger partial charge in [-0.15, -0.1) is 0 Å². The lowest BCUT2D eigenvalue weighted by molar-refractivity contribution is 0.0147. The van der Waals surface area contributed by atoms with Crippen molar-refractivity contribution in [3.05, 3.63) is 34.9 Å². The Labute approximate surface area is 102 Å². The standard InChI is InChI=1S/C13H18ClNO/c1-9(10-4-3-5-11(14)6-10)15-12-7-13(8-12)16-2/h3-6,9,12-13,15H,7-8H2,1-2H3/t9-,12?,13?/m1/s1. The van der Waals surface area contributed by atoms with Gasteiger partial charge in [-0.25, -0.2) is 0 Å². The van der Waals surface area contributed by atoms with Gasteiger partial charge in [0.2, 0.25) is 0 Å². The number of nitrogens with one attached hydrogen (secondary N) is 1. The van der Waals surface area contributed by atoms with Gasteiger partial charge in [0, 0.05) is 24.2 Å². The van der Waals surface area contributed by atoms with Gasteiger partial charge in [0.25, 0.3) is 0 Å². The van der Waals surface area contributed by atoms with Crippen LogP contribution in [0.15, 0.2) is 24.3 Å². The maximum Gasteiger partial charge on any atom is 0.0601 e. The number of halogens is 1. The van der Waals surface area contributed by atoms with Crippen molar-refractivity contribution in [1.29, 1.82) is 0 Å². The molecule has 88 valence electrons. The van der Waals surface area contributed by atoms with Crippen LogP contribution in [0.2, 0.25) is 5.02 Å². The van der Waals surface area contributed by atoms with Gasteiger partial charge < -0.3 is 10.1 Å². The van der Waals surface area contributed by atoms with Crippen molar-refractivity contribution in [1.82, 2.24) is 5.32 Å². The van der Waals surface area contributed by atoms with Crippen molar-refractivity contribution < 1.29 is 4.74 Å². The molecule has 16 heavy (non-hydrogen) atoms. The maximum atomic E-state index is 5.97. The summed E-state index contributed by atoms with van der Waals surface area (Å²) in [5.74, 6) is 0. The van der Waals surface area contributed by atoms with Crippen LogP contribution in [0.4, 0.5) is 0 Å². The summed E-state index contributed by atoms with van der Waals surface area (Å²) in [5, 5.41) is 4.39. The van der Waals surface area contributed by atoms with Crippen LogP contribution >= 0.6 is 11.6 Å². The quantitative estimate of drug-likeness (QED) is 0.872. The normalized spacial score (nSPS) is 26.2. The van der Waals surface area contributed by atoms with E-state index in [-0.39, 0.29) is 0 Å². The summed E-state index contributed by atoms with van der Waals surface area (Å²) >= 11 is 5.97. The second-order valence-corrected chi connectivity index (χ2v) is 4.91. The van der Waals surface area contributed by atoms with E-state index in [0.717, 1.165) is 17.9 Å². The minimum Gasteiger partial charge on any atom is -0.381 e. The highest BCUT2D eigenvalue weighted by Gasteiger charge is 2.29. The Morgan fingerprint density at radius 1 is 1.44 bits per heavy atom. The van der Waals surface area contributed by atoms with Crippen LogP contribution in [-0.4, -0.2) is 19.3 Å². The van der Waals surface area contributed by atoms with E-state index in [4.69, 9.17) is 16.3 Å². The molecule has 1 saturated carbocycles. The van der Waals surface area contributed by atoms with Crippen molar-refractivity contribution in [2.75, 3.05) is 7.11 Å². The number of hydrogen-bond acceptors (Lipinski definition) is 2. The van der Waals surface area contributed by atoms with Crippen LogP contribution in [0.1, 0.15) is 31.4 Å². The molecule has 1 aliphatic rings. The molecule has 1 aliphatic carbocycles. The fourth-order valence-corrected chi connectivity index (χ4v) is 2.32. The average molecular weight is 240 g/mol. The topological polar surface area (TPSA) is 21.3 Å². The summed E-state index contributed by atoms with van der Waals surface area (Å²) in [5.41, 5.74) is 1.24. The first kappa shape index (κ1) is 11.9. The van der Waals surface area contributed by atoms with Crippen molar-refractivity contribution in [3.8, 4) is 0 Å². The molecule has 3 heteroatoms. The Bertz CT molecular complexity index is 350. The van der Waals surface area contributed by atoms with Crippen LogP contribution in [0.5, 0.6) is 0 Å². The summed E-state index contributed by atoms with van der Waals surface area (Å²) in [7, 11) is 1.78.